The fraction of sp³-hybridized carbons (Fsp3) is 0.500. The van der Waals surface area contributed by atoms with Gasteiger partial charge in [-0.15, -0.1) is 0 Å². The van der Waals surface area contributed by atoms with E-state index in [-0.39, 0.29) is 12.5 Å². The molecule has 1 rings (SSSR count). The van der Waals surface area contributed by atoms with Crippen LogP contribution < -0.4 is 10.6 Å². The van der Waals surface area contributed by atoms with Crippen molar-refractivity contribution in [3.63, 3.8) is 0 Å². The van der Waals surface area contributed by atoms with E-state index in [9.17, 15) is 14.0 Å². The monoisotopic (exact) mass is 310 g/mol. The van der Waals surface area contributed by atoms with Crippen LogP contribution in [-0.2, 0) is 9.59 Å². The number of carbonyl (C=O) groups excluding carboxylic acids is 2. The third-order valence-electron chi connectivity index (χ3n) is 3.43. The maximum Gasteiger partial charge on any atom is 0.313 e. The molecule has 0 radical (unpaired) electrons. The number of aliphatic hydroxyl groups excluding tert-OH is 1. The van der Waals surface area contributed by atoms with E-state index in [1.54, 1.807) is 6.92 Å². The van der Waals surface area contributed by atoms with Crippen molar-refractivity contribution in [3.8, 4) is 0 Å². The molecule has 0 saturated heterocycles. The Bertz CT molecular complexity index is 514. The molecule has 3 N–H and O–H groups in total. The molecule has 1 aromatic carbocycles. The second-order valence-corrected chi connectivity index (χ2v) is 5.29. The van der Waals surface area contributed by atoms with Crippen LogP contribution in [0.4, 0.5) is 10.1 Å². The third-order valence-corrected chi connectivity index (χ3v) is 3.43. The molecule has 0 aliphatic rings. The van der Waals surface area contributed by atoms with E-state index in [4.69, 9.17) is 5.11 Å². The Morgan fingerprint density at radius 2 is 2.00 bits per heavy atom. The molecule has 6 heteroatoms. The predicted molar refractivity (Wildman–Crippen MR) is 82.9 cm³/mol. The van der Waals surface area contributed by atoms with Gasteiger partial charge in [0.2, 0.25) is 0 Å². The number of hydrogen-bond donors (Lipinski definition) is 3. The summed E-state index contributed by atoms with van der Waals surface area (Å²) >= 11 is 0. The summed E-state index contributed by atoms with van der Waals surface area (Å²) in [6.45, 7) is 4.08. The second kappa shape index (κ2) is 9.15. The van der Waals surface area contributed by atoms with Gasteiger partial charge in [0.15, 0.2) is 0 Å². The zero-order valence-electron chi connectivity index (χ0n) is 13.0. The van der Waals surface area contributed by atoms with E-state index in [0.717, 1.165) is 12.8 Å². The van der Waals surface area contributed by atoms with Crippen LogP contribution in [0.2, 0.25) is 0 Å². The largest absolute Gasteiger partial charge is 0.396 e. The van der Waals surface area contributed by atoms with Gasteiger partial charge in [-0.3, -0.25) is 9.59 Å². The van der Waals surface area contributed by atoms with Gasteiger partial charge in [0.1, 0.15) is 5.82 Å². The van der Waals surface area contributed by atoms with Crippen LogP contribution >= 0.6 is 0 Å². The molecule has 122 valence electrons. The van der Waals surface area contributed by atoms with Gasteiger partial charge in [0, 0.05) is 18.8 Å². The van der Waals surface area contributed by atoms with Crippen molar-refractivity contribution in [1.29, 1.82) is 0 Å². The van der Waals surface area contributed by atoms with Gasteiger partial charge < -0.3 is 15.7 Å². The van der Waals surface area contributed by atoms with E-state index >= 15 is 0 Å². The first-order chi connectivity index (χ1) is 10.5. The van der Waals surface area contributed by atoms with Crippen LogP contribution in [0.1, 0.15) is 31.7 Å². The summed E-state index contributed by atoms with van der Waals surface area (Å²) in [5, 5.41) is 14.0. The summed E-state index contributed by atoms with van der Waals surface area (Å²) in [7, 11) is 0. The van der Waals surface area contributed by atoms with Crippen LogP contribution in [0.3, 0.4) is 0 Å². The number of aryl methyl sites for hydroxylation is 1. The van der Waals surface area contributed by atoms with E-state index in [2.05, 4.69) is 10.6 Å². The third kappa shape index (κ3) is 5.81. The minimum absolute atomic E-state index is 0.0571. The molecule has 0 bridgehead atoms. The van der Waals surface area contributed by atoms with E-state index in [0.29, 0.717) is 24.2 Å². The summed E-state index contributed by atoms with van der Waals surface area (Å²) in [5.41, 5.74) is 0.951. The average molecular weight is 310 g/mol. The molecular formula is C16H23FN2O3. The lowest BCUT2D eigenvalue weighted by Gasteiger charge is -2.15. The first-order valence-electron chi connectivity index (χ1n) is 7.44. The maximum atomic E-state index is 13.0. The quantitative estimate of drug-likeness (QED) is 0.674. The van der Waals surface area contributed by atoms with Gasteiger partial charge in [-0.1, -0.05) is 13.3 Å². The SMILES string of the molecule is CCCC(CCO)CNC(=O)C(=O)Nc1ccc(F)cc1C. The van der Waals surface area contributed by atoms with Gasteiger partial charge in [-0.2, -0.15) is 0 Å². The summed E-state index contributed by atoms with van der Waals surface area (Å²) in [6.07, 6.45) is 2.41. The predicted octanol–water partition coefficient (Wildman–Crippen LogP) is 1.99. The molecule has 22 heavy (non-hydrogen) atoms. The minimum atomic E-state index is -0.783. The number of nitrogens with one attached hydrogen (secondary N) is 2. The lowest BCUT2D eigenvalue weighted by atomic mass is 10.0. The number of anilines is 1. The molecular weight excluding hydrogens is 287 g/mol. The average Bonchev–Trinajstić information content (AvgIpc) is 2.47. The highest BCUT2D eigenvalue weighted by Gasteiger charge is 2.16. The Labute approximate surface area is 129 Å². The molecule has 0 aromatic heterocycles. The molecule has 0 aliphatic carbocycles. The number of amides is 2. The van der Waals surface area contributed by atoms with E-state index < -0.39 is 17.6 Å². The fourth-order valence-corrected chi connectivity index (χ4v) is 2.20. The van der Waals surface area contributed by atoms with Crippen LogP contribution in [0.5, 0.6) is 0 Å². The van der Waals surface area contributed by atoms with Crippen LogP contribution in [0.15, 0.2) is 18.2 Å². The Balaban J connectivity index is 2.52. The molecule has 1 unspecified atom stereocenters. The van der Waals surface area contributed by atoms with Crippen LogP contribution in [0.25, 0.3) is 0 Å². The molecule has 5 nitrogen and oxygen atoms in total. The topological polar surface area (TPSA) is 78.4 Å². The summed E-state index contributed by atoms with van der Waals surface area (Å²) in [6, 6.07) is 3.92. The Kier molecular flexibility index (Phi) is 7.52. The Hall–Kier alpha value is -1.95. The highest BCUT2D eigenvalue weighted by Crippen LogP contribution is 2.15. The van der Waals surface area contributed by atoms with Gasteiger partial charge in [-0.05, 0) is 49.4 Å². The zero-order valence-corrected chi connectivity index (χ0v) is 13.0. The lowest BCUT2D eigenvalue weighted by Crippen LogP contribution is -2.38. The molecule has 0 heterocycles. The number of benzene rings is 1. The molecule has 1 atom stereocenters. The first kappa shape index (κ1) is 18.1. The molecule has 0 spiro atoms. The summed E-state index contributed by atoms with van der Waals surface area (Å²) in [5.74, 6) is -1.76. The van der Waals surface area contributed by atoms with Crippen molar-refractivity contribution in [2.75, 3.05) is 18.5 Å². The molecule has 2 amide bonds. The standard InChI is InChI=1S/C16H23FN2O3/c1-3-4-12(7-8-20)10-18-15(21)16(22)19-14-6-5-13(17)9-11(14)2/h5-6,9,12,20H,3-4,7-8,10H2,1-2H3,(H,18,21)(H,19,22). The molecule has 0 fully saturated rings. The van der Waals surface area contributed by atoms with Crippen molar-refractivity contribution in [2.24, 2.45) is 5.92 Å². The summed E-state index contributed by atoms with van der Waals surface area (Å²) in [4.78, 5) is 23.6. The lowest BCUT2D eigenvalue weighted by molar-refractivity contribution is -0.136. The van der Waals surface area contributed by atoms with E-state index in [1.165, 1.54) is 18.2 Å². The van der Waals surface area contributed by atoms with Gasteiger partial charge >= 0.3 is 11.8 Å². The van der Waals surface area contributed by atoms with Crippen molar-refractivity contribution in [3.05, 3.63) is 29.6 Å². The summed E-state index contributed by atoms with van der Waals surface area (Å²) < 4.78 is 13.0. The van der Waals surface area contributed by atoms with Crippen molar-refractivity contribution in [1.82, 2.24) is 5.32 Å². The molecule has 1 aromatic rings. The van der Waals surface area contributed by atoms with Crippen molar-refractivity contribution >= 4 is 17.5 Å². The van der Waals surface area contributed by atoms with Crippen molar-refractivity contribution in [2.45, 2.75) is 33.1 Å². The molecule has 0 aliphatic heterocycles. The van der Waals surface area contributed by atoms with Crippen molar-refractivity contribution < 1.29 is 19.1 Å². The Morgan fingerprint density at radius 3 is 2.59 bits per heavy atom. The minimum Gasteiger partial charge on any atom is -0.396 e. The zero-order chi connectivity index (χ0) is 16.5. The number of hydrogen-bond acceptors (Lipinski definition) is 3. The number of carbonyl (C=O) groups is 2. The molecule has 0 saturated carbocycles. The fourth-order valence-electron chi connectivity index (χ4n) is 2.20. The maximum absolute atomic E-state index is 13.0. The normalized spacial score (nSPS) is 11.8. The first-order valence-corrected chi connectivity index (χ1v) is 7.44. The van der Waals surface area contributed by atoms with Crippen LogP contribution in [0, 0.1) is 18.7 Å². The van der Waals surface area contributed by atoms with Gasteiger partial charge in [-0.25, -0.2) is 4.39 Å². The van der Waals surface area contributed by atoms with E-state index in [1.807, 2.05) is 6.92 Å². The smallest absolute Gasteiger partial charge is 0.313 e. The Morgan fingerprint density at radius 1 is 1.27 bits per heavy atom. The number of aliphatic hydroxyl groups is 1. The number of halogens is 1. The van der Waals surface area contributed by atoms with Gasteiger partial charge in [0.05, 0.1) is 0 Å². The highest BCUT2D eigenvalue weighted by molar-refractivity contribution is 6.39. The number of rotatable bonds is 7. The highest BCUT2D eigenvalue weighted by atomic mass is 19.1. The van der Waals surface area contributed by atoms with Crippen LogP contribution in [-0.4, -0.2) is 30.1 Å². The van der Waals surface area contributed by atoms with Gasteiger partial charge in [0.25, 0.3) is 0 Å². The second-order valence-electron chi connectivity index (χ2n) is 5.29.